The van der Waals surface area contributed by atoms with E-state index in [0.29, 0.717) is 17.3 Å². The quantitative estimate of drug-likeness (QED) is 0.846. The lowest BCUT2D eigenvalue weighted by molar-refractivity contribution is -0.119. The summed E-state index contributed by atoms with van der Waals surface area (Å²) >= 11 is 0. The molecule has 8 nitrogen and oxygen atoms in total. The minimum atomic E-state index is -0.635. The average molecular weight is 306 g/mol. The number of nitrogens with one attached hydrogen (secondary N) is 1. The van der Waals surface area contributed by atoms with Crippen LogP contribution >= 0.6 is 0 Å². The van der Waals surface area contributed by atoms with Crippen LogP contribution < -0.4 is 5.32 Å². The van der Waals surface area contributed by atoms with Crippen LogP contribution in [0.3, 0.4) is 0 Å². The summed E-state index contributed by atoms with van der Waals surface area (Å²) < 4.78 is 11.5. The van der Waals surface area contributed by atoms with Crippen molar-refractivity contribution in [1.29, 1.82) is 0 Å². The minimum Gasteiger partial charge on any atom is -0.452 e. The summed E-state index contributed by atoms with van der Waals surface area (Å²) in [4.78, 5) is 23.8. The number of hydrogen-bond acceptors (Lipinski definition) is 6. The molecular formula is C14H18N4O4. The number of nitrogens with zero attached hydrogens (tertiary/aromatic N) is 3. The van der Waals surface area contributed by atoms with Gasteiger partial charge in [-0.25, -0.2) is 9.48 Å². The first-order chi connectivity index (χ1) is 10.4. The van der Waals surface area contributed by atoms with Crippen molar-refractivity contribution in [2.45, 2.75) is 33.7 Å². The van der Waals surface area contributed by atoms with Crippen molar-refractivity contribution < 1.29 is 18.8 Å². The van der Waals surface area contributed by atoms with Gasteiger partial charge in [-0.1, -0.05) is 5.16 Å². The van der Waals surface area contributed by atoms with Gasteiger partial charge in [0.05, 0.1) is 11.9 Å². The van der Waals surface area contributed by atoms with Crippen LogP contribution in [0.25, 0.3) is 0 Å². The van der Waals surface area contributed by atoms with E-state index in [9.17, 15) is 9.59 Å². The zero-order valence-electron chi connectivity index (χ0n) is 12.9. The van der Waals surface area contributed by atoms with E-state index in [1.165, 1.54) is 0 Å². The first-order valence-electron chi connectivity index (χ1n) is 6.83. The Hall–Kier alpha value is -2.64. The van der Waals surface area contributed by atoms with Crippen LogP contribution in [0.4, 0.5) is 5.82 Å². The number of esters is 1. The summed E-state index contributed by atoms with van der Waals surface area (Å²) in [6.07, 6.45) is 1.59. The summed E-state index contributed by atoms with van der Waals surface area (Å²) in [5, 5.41) is 10.4. The highest BCUT2D eigenvalue weighted by molar-refractivity contribution is 5.95. The Morgan fingerprint density at radius 3 is 2.73 bits per heavy atom. The lowest BCUT2D eigenvalue weighted by Crippen LogP contribution is -2.23. The van der Waals surface area contributed by atoms with Gasteiger partial charge in [-0.05, 0) is 27.7 Å². The first kappa shape index (κ1) is 15.7. The van der Waals surface area contributed by atoms with Crippen molar-refractivity contribution >= 4 is 17.7 Å². The molecule has 2 heterocycles. The highest BCUT2D eigenvalue weighted by atomic mass is 16.5. The third kappa shape index (κ3) is 3.33. The molecule has 8 heteroatoms. The maximum absolute atomic E-state index is 11.9. The van der Waals surface area contributed by atoms with Crippen LogP contribution in [0.2, 0.25) is 0 Å². The molecule has 0 unspecified atom stereocenters. The number of hydrogen-bond donors (Lipinski definition) is 1. The third-order valence-electron chi connectivity index (χ3n) is 3.00. The second kappa shape index (κ2) is 6.42. The van der Waals surface area contributed by atoms with E-state index in [0.717, 1.165) is 0 Å². The van der Waals surface area contributed by atoms with Crippen LogP contribution in [0.15, 0.2) is 16.8 Å². The van der Waals surface area contributed by atoms with E-state index in [2.05, 4.69) is 15.6 Å². The highest BCUT2D eigenvalue weighted by Crippen LogP contribution is 2.14. The lowest BCUT2D eigenvalue weighted by atomic mass is 10.2. The number of carbonyl (C=O) groups excluding carboxylic acids is 2. The smallest absolute Gasteiger partial charge is 0.344 e. The fourth-order valence-corrected chi connectivity index (χ4v) is 1.98. The molecule has 0 aliphatic heterocycles. The van der Waals surface area contributed by atoms with Crippen molar-refractivity contribution in [2.75, 3.05) is 11.9 Å². The van der Waals surface area contributed by atoms with Crippen molar-refractivity contribution in [3.05, 3.63) is 29.3 Å². The molecule has 0 atom stereocenters. The SMILES string of the molecule is Cc1noc(C)c1C(=O)OCC(=O)Nc1ccnn1C(C)C. The molecule has 22 heavy (non-hydrogen) atoms. The van der Waals surface area contributed by atoms with E-state index in [1.807, 2.05) is 13.8 Å². The monoisotopic (exact) mass is 306 g/mol. The molecule has 2 aromatic heterocycles. The van der Waals surface area contributed by atoms with Crippen molar-refractivity contribution in [2.24, 2.45) is 0 Å². The first-order valence-corrected chi connectivity index (χ1v) is 6.83. The van der Waals surface area contributed by atoms with E-state index in [1.54, 1.807) is 30.8 Å². The molecule has 0 aromatic carbocycles. The van der Waals surface area contributed by atoms with Crippen LogP contribution in [0.5, 0.6) is 0 Å². The number of ether oxygens (including phenoxy) is 1. The number of amides is 1. The van der Waals surface area contributed by atoms with E-state index >= 15 is 0 Å². The van der Waals surface area contributed by atoms with Gasteiger partial charge in [0.25, 0.3) is 5.91 Å². The molecule has 0 spiro atoms. The molecule has 118 valence electrons. The fraction of sp³-hybridized carbons (Fsp3) is 0.429. The molecule has 0 saturated carbocycles. The summed E-state index contributed by atoms with van der Waals surface area (Å²) in [6.45, 7) is 6.73. The Bertz CT molecular complexity index is 667. The molecule has 0 aliphatic rings. The Kier molecular flexibility index (Phi) is 4.59. The molecule has 0 fully saturated rings. The second-order valence-electron chi connectivity index (χ2n) is 5.08. The van der Waals surface area contributed by atoms with Gasteiger partial charge < -0.3 is 14.6 Å². The summed E-state index contributed by atoms with van der Waals surface area (Å²) in [6, 6.07) is 1.78. The van der Waals surface area contributed by atoms with Crippen LogP contribution in [-0.4, -0.2) is 33.4 Å². The highest BCUT2D eigenvalue weighted by Gasteiger charge is 2.20. The Balaban J connectivity index is 1.93. The summed E-state index contributed by atoms with van der Waals surface area (Å²) in [5.41, 5.74) is 0.681. The topological polar surface area (TPSA) is 99.2 Å². The van der Waals surface area contributed by atoms with Gasteiger partial charge >= 0.3 is 5.97 Å². The lowest BCUT2D eigenvalue weighted by Gasteiger charge is -2.11. The Morgan fingerprint density at radius 2 is 2.14 bits per heavy atom. The molecule has 0 aliphatic carbocycles. The van der Waals surface area contributed by atoms with Gasteiger partial charge in [0.15, 0.2) is 6.61 Å². The zero-order chi connectivity index (χ0) is 16.3. The van der Waals surface area contributed by atoms with Gasteiger partial charge in [-0.3, -0.25) is 4.79 Å². The van der Waals surface area contributed by atoms with Crippen LogP contribution in [0.1, 0.15) is 41.7 Å². The molecule has 2 rings (SSSR count). The molecule has 0 saturated heterocycles. The predicted molar refractivity (Wildman–Crippen MR) is 77.5 cm³/mol. The second-order valence-corrected chi connectivity index (χ2v) is 5.08. The van der Waals surface area contributed by atoms with Gasteiger partial charge in [0.2, 0.25) is 0 Å². The normalized spacial score (nSPS) is 10.8. The number of aromatic nitrogens is 3. The van der Waals surface area contributed by atoms with E-state index < -0.39 is 18.5 Å². The molecule has 2 aromatic rings. The molecule has 1 N–H and O–H groups in total. The van der Waals surface area contributed by atoms with Gasteiger partial charge in [-0.2, -0.15) is 5.10 Å². The Morgan fingerprint density at radius 1 is 1.41 bits per heavy atom. The van der Waals surface area contributed by atoms with Gasteiger partial charge in [-0.15, -0.1) is 0 Å². The van der Waals surface area contributed by atoms with Crippen molar-refractivity contribution in [3.63, 3.8) is 0 Å². The number of aryl methyl sites for hydroxylation is 2. The Labute approximate surface area is 127 Å². The summed E-state index contributed by atoms with van der Waals surface area (Å²) in [7, 11) is 0. The van der Waals surface area contributed by atoms with Crippen LogP contribution in [0, 0.1) is 13.8 Å². The van der Waals surface area contributed by atoms with E-state index in [4.69, 9.17) is 9.26 Å². The van der Waals surface area contributed by atoms with E-state index in [-0.39, 0.29) is 11.6 Å². The minimum absolute atomic E-state index is 0.107. The molecular weight excluding hydrogens is 288 g/mol. The number of rotatable bonds is 5. The number of anilines is 1. The standard InChI is InChI=1S/C14H18N4O4/c1-8(2)18-11(5-6-15-18)16-12(19)7-21-14(20)13-9(3)17-22-10(13)4/h5-6,8H,7H2,1-4H3,(H,16,19). The predicted octanol–water partition coefficient (Wildman–Crippen LogP) is 1.86. The summed E-state index contributed by atoms with van der Waals surface area (Å²) in [5.74, 6) is -0.166. The molecule has 0 radical (unpaired) electrons. The molecule has 0 bridgehead atoms. The largest absolute Gasteiger partial charge is 0.452 e. The fourth-order valence-electron chi connectivity index (χ4n) is 1.98. The third-order valence-corrected chi connectivity index (χ3v) is 3.00. The average Bonchev–Trinajstić information content (AvgIpc) is 3.03. The van der Waals surface area contributed by atoms with Gasteiger partial charge in [0.1, 0.15) is 17.1 Å². The van der Waals surface area contributed by atoms with Crippen molar-refractivity contribution in [3.8, 4) is 0 Å². The van der Waals surface area contributed by atoms with Gasteiger partial charge in [0, 0.05) is 12.1 Å². The zero-order valence-corrected chi connectivity index (χ0v) is 12.9. The maximum Gasteiger partial charge on any atom is 0.344 e. The molecule has 1 amide bonds. The maximum atomic E-state index is 11.9. The number of carbonyl (C=O) groups is 2. The van der Waals surface area contributed by atoms with Crippen LogP contribution in [-0.2, 0) is 9.53 Å². The van der Waals surface area contributed by atoms with Crippen molar-refractivity contribution in [1.82, 2.24) is 14.9 Å².